The van der Waals surface area contributed by atoms with Gasteiger partial charge in [-0.25, -0.2) is 0 Å². The van der Waals surface area contributed by atoms with Gasteiger partial charge in [-0.15, -0.1) is 12.4 Å². The number of ether oxygens (including phenoxy) is 1. The molecular formula is C15H22Cl3N3O2. The lowest BCUT2D eigenvalue weighted by Gasteiger charge is -2.37. The molecule has 0 saturated carbocycles. The fourth-order valence-corrected chi connectivity index (χ4v) is 3.05. The number of rotatable bonds is 5. The minimum absolute atomic E-state index is 0. The molecule has 1 fully saturated rings. The lowest BCUT2D eigenvalue weighted by Crippen LogP contribution is -2.50. The van der Waals surface area contributed by atoms with Gasteiger partial charge in [0, 0.05) is 26.2 Å². The smallest absolute Gasteiger partial charge is 0.238 e. The summed E-state index contributed by atoms with van der Waals surface area (Å²) in [5, 5.41) is 3.57. The highest BCUT2D eigenvalue weighted by molar-refractivity contribution is 6.43. The number of nitrogens with one attached hydrogen (secondary N) is 1. The number of benzene rings is 1. The van der Waals surface area contributed by atoms with Crippen molar-refractivity contribution >= 4 is 47.2 Å². The summed E-state index contributed by atoms with van der Waals surface area (Å²) < 4.78 is 5.39. The molecule has 1 aliphatic rings. The second-order valence-corrected chi connectivity index (χ2v) is 6.18. The fourth-order valence-electron chi connectivity index (χ4n) is 2.70. The molecule has 130 valence electrons. The number of piperidine rings is 1. The molecule has 3 N–H and O–H groups in total. The van der Waals surface area contributed by atoms with E-state index in [2.05, 4.69) is 10.2 Å². The number of anilines is 1. The zero-order valence-electron chi connectivity index (χ0n) is 12.9. The minimum atomic E-state index is -0.126. The van der Waals surface area contributed by atoms with E-state index >= 15 is 0 Å². The monoisotopic (exact) mass is 381 g/mol. The summed E-state index contributed by atoms with van der Waals surface area (Å²) in [4.78, 5) is 14.3. The molecule has 1 heterocycles. The molecule has 1 saturated heterocycles. The van der Waals surface area contributed by atoms with Crippen LogP contribution in [-0.2, 0) is 9.53 Å². The summed E-state index contributed by atoms with van der Waals surface area (Å²) >= 11 is 12.0. The van der Waals surface area contributed by atoms with Crippen LogP contribution in [0.2, 0.25) is 10.0 Å². The maximum atomic E-state index is 12.2. The fraction of sp³-hybridized carbons (Fsp3) is 0.533. The third-order valence-corrected chi connectivity index (χ3v) is 4.79. The highest BCUT2D eigenvalue weighted by atomic mass is 35.5. The van der Waals surface area contributed by atoms with Crippen LogP contribution in [0.5, 0.6) is 0 Å². The van der Waals surface area contributed by atoms with Crippen LogP contribution in [0.4, 0.5) is 5.69 Å². The summed E-state index contributed by atoms with van der Waals surface area (Å²) in [6.45, 7) is 1.57. The number of nitrogens with zero attached hydrogens (tertiary/aromatic N) is 1. The Labute approximate surface area is 152 Å². The Bertz CT molecular complexity index is 531. The number of hydrogen-bond acceptors (Lipinski definition) is 4. The van der Waals surface area contributed by atoms with Crippen molar-refractivity contribution in [3.63, 3.8) is 0 Å². The average Bonchev–Trinajstić information content (AvgIpc) is 2.52. The van der Waals surface area contributed by atoms with E-state index in [0.717, 1.165) is 19.4 Å². The van der Waals surface area contributed by atoms with Crippen molar-refractivity contribution < 1.29 is 9.53 Å². The maximum Gasteiger partial charge on any atom is 0.238 e. The predicted octanol–water partition coefficient (Wildman–Crippen LogP) is 2.79. The van der Waals surface area contributed by atoms with E-state index < -0.39 is 0 Å². The highest BCUT2D eigenvalue weighted by Gasteiger charge is 2.28. The topological polar surface area (TPSA) is 67.6 Å². The quantitative estimate of drug-likeness (QED) is 0.822. The van der Waals surface area contributed by atoms with Crippen LogP contribution in [0.25, 0.3) is 0 Å². The normalized spacial score (nSPS) is 21.6. The summed E-state index contributed by atoms with van der Waals surface area (Å²) in [6, 6.07) is 5.30. The van der Waals surface area contributed by atoms with E-state index in [0.29, 0.717) is 22.3 Å². The third kappa shape index (κ3) is 5.48. The van der Waals surface area contributed by atoms with Crippen LogP contribution < -0.4 is 11.1 Å². The average molecular weight is 383 g/mol. The van der Waals surface area contributed by atoms with Crippen LogP contribution in [0, 0.1) is 0 Å². The Morgan fingerprint density at radius 3 is 2.87 bits per heavy atom. The third-order valence-electron chi connectivity index (χ3n) is 3.97. The van der Waals surface area contributed by atoms with Crippen molar-refractivity contribution in [3.05, 3.63) is 28.2 Å². The largest absolute Gasteiger partial charge is 0.381 e. The van der Waals surface area contributed by atoms with E-state index in [1.165, 1.54) is 0 Å². The van der Waals surface area contributed by atoms with E-state index in [9.17, 15) is 4.79 Å². The SMILES string of the molecule is COC1CCN(CC(=O)Nc2cccc(Cl)c2Cl)C(CN)C1.Cl. The lowest BCUT2D eigenvalue weighted by atomic mass is 9.99. The summed E-state index contributed by atoms with van der Waals surface area (Å²) in [7, 11) is 1.71. The molecule has 1 aliphatic heterocycles. The molecule has 2 atom stereocenters. The second-order valence-electron chi connectivity index (χ2n) is 5.39. The van der Waals surface area contributed by atoms with Gasteiger partial charge in [0.25, 0.3) is 0 Å². The van der Waals surface area contributed by atoms with Gasteiger partial charge in [0.1, 0.15) is 0 Å². The van der Waals surface area contributed by atoms with Crippen molar-refractivity contribution in [3.8, 4) is 0 Å². The maximum absolute atomic E-state index is 12.2. The van der Waals surface area contributed by atoms with Gasteiger partial charge in [0.2, 0.25) is 5.91 Å². The molecule has 8 heteroatoms. The molecule has 0 aromatic heterocycles. The molecule has 1 aromatic rings. The number of carbonyl (C=O) groups is 1. The van der Waals surface area contributed by atoms with E-state index in [1.807, 2.05) is 0 Å². The van der Waals surface area contributed by atoms with Gasteiger partial charge in [-0.3, -0.25) is 9.69 Å². The molecule has 1 amide bonds. The molecule has 0 bridgehead atoms. The number of amides is 1. The van der Waals surface area contributed by atoms with Gasteiger partial charge >= 0.3 is 0 Å². The first-order valence-corrected chi connectivity index (χ1v) is 8.01. The molecule has 23 heavy (non-hydrogen) atoms. The predicted molar refractivity (Wildman–Crippen MR) is 96.8 cm³/mol. The van der Waals surface area contributed by atoms with Gasteiger partial charge in [-0.1, -0.05) is 29.3 Å². The van der Waals surface area contributed by atoms with Crippen LogP contribution in [0.1, 0.15) is 12.8 Å². The van der Waals surface area contributed by atoms with E-state index in [-0.39, 0.29) is 37.0 Å². The number of carbonyl (C=O) groups excluding carboxylic acids is 1. The molecule has 5 nitrogen and oxygen atoms in total. The van der Waals surface area contributed by atoms with Crippen LogP contribution in [0.3, 0.4) is 0 Å². The first-order valence-electron chi connectivity index (χ1n) is 7.26. The second kappa shape index (κ2) is 9.67. The Kier molecular flexibility index (Phi) is 8.61. The Morgan fingerprint density at radius 2 is 2.22 bits per heavy atom. The first-order chi connectivity index (χ1) is 10.5. The number of hydrogen-bond donors (Lipinski definition) is 2. The van der Waals surface area contributed by atoms with Crippen molar-refractivity contribution in [1.82, 2.24) is 4.90 Å². The summed E-state index contributed by atoms with van der Waals surface area (Å²) in [5.41, 5.74) is 6.34. The van der Waals surface area contributed by atoms with Crippen molar-refractivity contribution in [2.24, 2.45) is 5.73 Å². The summed E-state index contributed by atoms with van der Waals surface area (Å²) in [6.07, 6.45) is 1.96. The molecular weight excluding hydrogens is 361 g/mol. The standard InChI is InChI=1S/C15H21Cl2N3O2.ClH/c1-22-11-5-6-20(10(7-11)8-18)9-14(21)19-13-4-2-3-12(16)15(13)17;/h2-4,10-11H,5-9,18H2,1H3,(H,19,21);1H. The Morgan fingerprint density at radius 1 is 1.48 bits per heavy atom. The van der Waals surface area contributed by atoms with Gasteiger partial charge in [0.15, 0.2) is 0 Å². The lowest BCUT2D eigenvalue weighted by molar-refractivity contribution is -0.118. The van der Waals surface area contributed by atoms with Gasteiger partial charge < -0.3 is 15.8 Å². The van der Waals surface area contributed by atoms with Crippen molar-refractivity contribution in [1.29, 1.82) is 0 Å². The molecule has 1 aromatic carbocycles. The zero-order chi connectivity index (χ0) is 16.1. The number of nitrogens with two attached hydrogens (primary N) is 1. The minimum Gasteiger partial charge on any atom is -0.381 e. The van der Waals surface area contributed by atoms with Crippen molar-refractivity contribution in [2.75, 3.05) is 32.1 Å². The highest BCUT2D eigenvalue weighted by Crippen LogP contribution is 2.29. The van der Waals surface area contributed by atoms with Crippen molar-refractivity contribution in [2.45, 2.75) is 25.0 Å². The zero-order valence-corrected chi connectivity index (χ0v) is 15.3. The Balaban J connectivity index is 0.00000264. The molecule has 0 aliphatic carbocycles. The molecule has 0 radical (unpaired) electrons. The molecule has 2 rings (SSSR count). The molecule has 2 unspecified atom stereocenters. The number of methoxy groups -OCH3 is 1. The van der Waals surface area contributed by atoms with Crippen LogP contribution >= 0.6 is 35.6 Å². The van der Waals surface area contributed by atoms with Gasteiger partial charge in [-0.2, -0.15) is 0 Å². The van der Waals surface area contributed by atoms with Gasteiger partial charge in [-0.05, 0) is 25.0 Å². The van der Waals surface area contributed by atoms with E-state index in [4.69, 9.17) is 33.7 Å². The number of halogens is 3. The van der Waals surface area contributed by atoms with Crippen LogP contribution in [-0.4, -0.2) is 49.7 Å². The first kappa shape index (κ1) is 20.5. The number of likely N-dealkylation sites (tertiary alicyclic amines) is 1. The summed E-state index contributed by atoms with van der Waals surface area (Å²) in [5.74, 6) is -0.126. The van der Waals surface area contributed by atoms with Crippen LogP contribution in [0.15, 0.2) is 18.2 Å². The molecule has 0 spiro atoms. The van der Waals surface area contributed by atoms with E-state index in [1.54, 1.807) is 25.3 Å². The Hall–Kier alpha value is -0.560. The van der Waals surface area contributed by atoms with Gasteiger partial charge in [0.05, 0.1) is 28.4 Å².